The normalized spacial score (nSPS) is 11.2. The SMILES string of the molecule is O=C(NCc1cn2ccsc2n1)c1nn(-c2ccccc2)c(=O)c2ccccc12. The highest BCUT2D eigenvalue weighted by Crippen LogP contribution is 2.16. The summed E-state index contributed by atoms with van der Waals surface area (Å²) in [5, 5.41) is 10.2. The number of carbonyl (C=O) groups is 1. The van der Waals surface area contributed by atoms with E-state index in [1.165, 1.54) is 16.0 Å². The molecule has 0 bridgehead atoms. The maximum Gasteiger partial charge on any atom is 0.279 e. The van der Waals surface area contributed by atoms with Crippen molar-refractivity contribution in [3.8, 4) is 5.69 Å². The lowest BCUT2D eigenvalue weighted by atomic mass is 10.1. The largest absolute Gasteiger partial charge is 0.345 e. The van der Waals surface area contributed by atoms with Crippen LogP contribution in [0.15, 0.2) is 77.2 Å². The molecule has 1 amide bonds. The lowest BCUT2D eigenvalue weighted by Gasteiger charge is -2.11. The molecular weight excluding hydrogens is 386 g/mol. The molecule has 0 aliphatic heterocycles. The molecule has 5 rings (SSSR count). The van der Waals surface area contributed by atoms with Gasteiger partial charge in [-0.3, -0.25) is 14.0 Å². The van der Waals surface area contributed by atoms with Gasteiger partial charge < -0.3 is 5.32 Å². The summed E-state index contributed by atoms with van der Waals surface area (Å²) in [6.07, 6.45) is 3.80. The van der Waals surface area contributed by atoms with Gasteiger partial charge in [-0.05, 0) is 18.2 Å². The lowest BCUT2D eigenvalue weighted by Crippen LogP contribution is -2.29. The number of nitrogens with zero attached hydrogens (tertiary/aromatic N) is 4. The van der Waals surface area contributed by atoms with Crippen molar-refractivity contribution >= 4 is 33.0 Å². The number of hydrogen-bond acceptors (Lipinski definition) is 5. The number of benzene rings is 2. The average Bonchev–Trinajstić information content (AvgIpc) is 3.35. The fourth-order valence-corrected chi connectivity index (χ4v) is 3.94. The number of amides is 1. The van der Waals surface area contributed by atoms with E-state index in [0.29, 0.717) is 16.5 Å². The molecule has 0 saturated heterocycles. The smallest absolute Gasteiger partial charge is 0.279 e. The molecule has 29 heavy (non-hydrogen) atoms. The summed E-state index contributed by atoms with van der Waals surface area (Å²) in [5.74, 6) is -0.359. The molecule has 0 aliphatic rings. The summed E-state index contributed by atoms with van der Waals surface area (Å²) in [5.41, 5.74) is 1.29. The van der Waals surface area contributed by atoms with E-state index in [1.54, 1.807) is 36.4 Å². The van der Waals surface area contributed by atoms with E-state index in [9.17, 15) is 9.59 Å². The number of rotatable bonds is 4. The fourth-order valence-electron chi connectivity index (χ4n) is 3.22. The van der Waals surface area contributed by atoms with Crippen molar-refractivity contribution in [2.75, 3.05) is 0 Å². The molecule has 1 N–H and O–H groups in total. The van der Waals surface area contributed by atoms with Crippen LogP contribution < -0.4 is 10.9 Å². The van der Waals surface area contributed by atoms with Crippen molar-refractivity contribution in [1.29, 1.82) is 0 Å². The molecule has 5 aromatic rings. The standard InChI is InChI=1S/C21H15N5O2S/c27-19(22-12-14-13-25-10-11-29-21(25)23-14)18-16-8-4-5-9-17(16)20(28)26(24-18)15-6-2-1-3-7-15/h1-11,13H,12H2,(H,22,27). The maximum absolute atomic E-state index is 13.0. The van der Waals surface area contributed by atoms with Crippen LogP contribution in [-0.4, -0.2) is 25.1 Å². The Balaban J connectivity index is 1.54. The number of imidazole rings is 1. The van der Waals surface area contributed by atoms with Crippen molar-refractivity contribution in [1.82, 2.24) is 24.5 Å². The van der Waals surface area contributed by atoms with E-state index >= 15 is 0 Å². The summed E-state index contributed by atoms with van der Waals surface area (Å²) < 4.78 is 3.18. The molecule has 0 radical (unpaired) electrons. The van der Waals surface area contributed by atoms with E-state index in [-0.39, 0.29) is 23.7 Å². The molecule has 8 heteroatoms. The Morgan fingerprint density at radius 3 is 2.59 bits per heavy atom. The minimum absolute atomic E-state index is 0.199. The zero-order valence-electron chi connectivity index (χ0n) is 15.1. The van der Waals surface area contributed by atoms with Crippen LogP contribution in [-0.2, 0) is 6.54 Å². The Kier molecular flexibility index (Phi) is 4.18. The van der Waals surface area contributed by atoms with Gasteiger partial charge in [0, 0.05) is 23.2 Å². The topological polar surface area (TPSA) is 81.3 Å². The van der Waals surface area contributed by atoms with Crippen LogP contribution in [0.5, 0.6) is 0 Å². The van der Waals surface area contributed by atoms with Gasteiger partial charge in [-0.25, -0.2) is 4.98 Å². The Hall–Kier alpha value is -3.78. The quantitative estimate of drug-likeness (QED) is 0.502. The molecule has 0 aliphatic carbocycles. The highest BCUT2D eigenvalue weighted by atomic mass is 32.1. The summed E-state index contributed by atoms with van der Waals surface area (Å²) in [4.78, 5) is 31.2. The maximum atomic E-state index is 13.0. The first-order chi connectivity index (χ1) is 14.2. The van der Waals surface area contributed by atoms with Crippen LogP contribution in [0.1, 0.15) is 16.2 Å². The van der Waals surface area contributed by atoms with Gasteiger partial charge in [0.1, 0.15) is 0 Å². The van der Waals surface area contributed by atoms with E-state index in [2.05, 4.69) is 15.4 Å². The number of carbonyl (C=O) groups excluding carboxylic acids is 1. The molecule has 3 heterocycles. The third-order valence-electron chi connectivity index (χ3n) is 4.59. The zero-order chi connectivity index (χ0) is 19.8. The summed E-state index contributed by atoms with van der Waals surface area (Å²) >= 11 is 1.53. The van der Waals surface area contributed by atoms with Crippen LogP contribution in [0.3, 0.4) is 0 Å². The summed E-state index contributed by atoms with van der Waals surface area (Å²) in [6.45, 7) is 0.272. The second-order valence-electron chi connectivity index (χ2n) is 6.45. The Morgan fingerprint density at radius 1 is 1.03 bits per heavy atom. The zero-order valence-corrected chi connectivity index (χ0v) is 16.0. The highest BCUT2D eigenvalue weighted by molar-refractivity contribution is 7.15. The second kappa shape index (κ2) is 6.99. The van der Waals surface area contributed by atoms with Gasteiger partial charge >= 0.3 is 0 Å². The van der Waals surface area contributed by atoms with Crippen LogP contribution in [0.25, 0.3) is 21.4 Å². The van der Waals surface area contributed by atoms with Gasteiger partial charge in [0.25, 0.3) is 11.5 Å². The molecule has 2 aromatic carbocycles. The van der Waals surface area contributed by atoms with E-state index in [1.807, 2.05) is 40.4 Å². The van der Waals surface area contributed by atoms with Gasteiger partial charge in [0.2, 0.25) is 0 Å². The van der Waals surface area contributed by atoms with Gasteiger partial charge in [-0.1, -0.05) is 36.4 Å². The number of thiazole rings is 1. The van der Waals surface area contributed by atoms with Crippen molar-refractivity contribution < 1.29 is 4.79 Å². The van der Waals surface area contributed by atoms with Crippen LogP contribution in [0, 0.1) is 0 Å². The number of hydrogen-bond donors (Lipinski definition) is 1. The van der Waals surface area contributed by atoms with E-state index in [0.717, 1.165) is 10.7 Å². The van der Waals surface area contributed by atoms with Crippen LogP contribution >= 0.6 is 11.3 Å². The Bertz CT molecular complexity index is 1370. The first kappa shape index (κ1) is 17.3. The van der Waals surface area contributed by atoms with Gasteiger partial charge in [0.15, 0.2) is 10.7 Å². The molecule has 0 saturated carbocycles. The van der Waals surface area contributed by atoms with E-state index in [4.69, 9.17) is 0 Å². The molecule has 0 spiro atoms. The number of para-hydroxylation sites is 1. The van der Waals surface area contributed by atoms with Gasteiger partial charge in [-0.15, -0.1) is 11.3 Å². The molecule has 7 nitrogen and oxygen atoms in total. The third kappa shape index (κ3) is 3.09. The van der Waals surface area contributed by atoms with E-state index < -0.39 is 0 Å². The number of aromatic nitrogens is 4. The van der Waals surface area contributed by atoms with Gasteiger partial charge in [-0.2, -0.15) is 9.78 Å². The first-order valence-corrected chi connectivity index (χ1v) is 9.85. The average molecular weight is 401 g/mol. The molecule has 3 aromatic heterocycles. The van der Waals surface area contributed by atoms with Crippen molar-refractivity contribution in [3.63, 3.8) is 0 Å². The number of nitrogens with one attached hydrogen (secondary N) is 1. The Morgan fingerprint density at radius 2 is 1.79 bits per heavy atom. The number of fused-ring (bicyclic) bond motifs is 2. The minimum Gasteiger partial charge on any atom is -0.345 e. The summed E-state index contributed by atoms with van der Waals surface area (Å²) in [7, 11) is 0. The monoisotopic (exact) mass is 401 g/mol. The second-order valence-corrected chi connectivity index (χ2v) is 7.33. The molecule has 0 fully saturated rings. The highest BCUT2D eigenvalue weighted by Gasteiger charge is 2.17. The van der Waals surface area contributed by atoms with Crippen molar-refractivity contribution in [2.45, 2.75) is 6.54 Å². The molecule has 0 atom stereocenters. The first-order valence-electron chi connectivity index (χ1n) is 8.97. The summed E-state index contributed by atoms with van der Waals surface area (Å²) in [6, 6.07) is 16.1. The van der Waals surface area contributed by atoms with Crippen LogP contribution in [0.2, 0.25) is 0 Å². The predicted molar refractivity (Wildman–Crippen MR) is 112 cm³/mol. The van der Waals surface area contributed by atoms with Crippen molar-refractivity contribution in [3.05, 3.63) is 94.1 Å². The van der Waals surface area contributed by atoms with Gasteiger partial charge in [0.05, 0.1) is 23.3 Å². The predicted octanol–water partition coefficient (Wildman–Crippen LogP) is 3.02. The van der Waals surface area contributed by atoms with Crippen LogP contribution in [0.4, 0.5) is 0 Å². The molecule has 142 valence electrons. The Labute approximate surface area is 168 Å². The minimum atomic E-state index is -0.359. The molecular formula is C21H15N5O2S. The molecule has 0 unspecified atom stereocenters. The van der Waals surface area contributed by atoms with Crippen molar-refractivity contribution in [2.24, 2.45) is 0 Å². The third-order valence-corrected chi connectivity index (χ3v) is 5.36. The fraction of sp³-hybridized carbons (Fsp3) is 0.0476. The lowest BCUT2D eigenvalue weighted by molar-refractivity contribution is 0.0945.